The lowest BCUT2D eigenvalue weighted by Crippen LogP contribution is -2.44. The minimum atomic E-state index is -3.14. The highest BCUT2D eigenvalue weighted by atomic mass is 32.2. The molecule has 2 aliphatic rings. The molecule has 17 heavy (non-hydrogen) atoms. The molecule has 0 saturated carbocycles. The van der Waals surface area contributed by atoms with Crippen molar-refractivity contribution < 1.29 is 13.2 Å². The highest BCUT2D eigenvalue weighted by Gasteiger charge is 2.27. The number of piperidine rings is 1. The van der Waals surface area contributed by atoms with E-state index in [0.29, 0.717) is 13.1 Å². The van der Waals surface area contributed by atoms with Gasteiger partial charge in [-0.3, -0.25) is 0 Å². The second-order valence-corrected chi connectivity index (χ2v) is 6.88. The lowest BCUT2D eigenvalue weighted by Gasteiger charge is -2.23. The Labute approximate surface area is 103 Å². The van der Waals surface area contributed by atoms with Crippen molar-refractivity contribution in [1.29, 1.82) is 0 Å². The molecule has 0 aliphatic carbocycles. The summed E-state index contributed by atoms with van der Waals surface area (Å²) in [5, 5.41) is 2.87. The molecule has 0 amide bonds. The minimum Gasteiger partial charge on any atom is -0.378 e. The first-order chi connectivity index (χ1) is 8.18. The Hall–Kier alpha value is -0.170. The van der Waals surface area contributed by atoms with Crippen molar-refractivity contribution >= 4 is 10.0 Å². The summed E-state index contributed by atoms with van der Waals surface area (Å²) >= 11 is 0. The molecule has 0 aromatic carbocycles. The van der Waals surface area contributed by atoms with Crippen LogP contribution in [0.5, 0.6) is 0 Å². The standard InChI is InChI=1S/C11H22N2O3S/c14-17(15,11-4-1-6-12-9-11)13-7-5-10-3-2-8-16-10/h10-13H,1-9H2. The van der Waals surface area contributed by atoms with Gasteiger partial charge in [-0.05, 0) is 38.6 Å². The molecule has 2 atom stereocenters. The molecule has 0 bridgehead atoms. The van der Waals surface area contributed by atoms with Gasteiger partial charge in [0, 0.05) is 19.7 Å². The maximum absolute atomic E-state index is 12.0. The van der Waals surface area contributed by atoms with Crippen LogP contribution in [-0.2, 0) is 14.8 Å². The maximum Gasteiger partial charge on any atom is 0.215 e. The Morgan fingerprint density at radius 1 is 1.29 bits per heavy atom. The van der Waals surface area contributed by atoms with Crippen molar-refractivity contribution in [3.05, 3.63) is 0 Å². The van der Waals surface area contributed by atoms with E-state index in [1.807, 2.05) is 0 Å². The van der Waals surface area contributed by atoms with Gasteiger partial charge in [-0.25, -0.2) is 13.1 Å². The third-order valence-electron chi connectivity index (χ3n) is 3.48. The zero-order chi connectivity index (χ0) is 12.1. The van der Waals surface area contributed by atoms with E-state index in [9.17, 15) is 8.42 Å². The van der Waals surface area contributed by atoms with E-state index in [0.717, 1.165) is 45.3 Å². The summed E-state index contributed by atoms with van der Waals surface area (Å²) < 4.78 is 32.1. The van der Waals surface area contributed by atoms with Gasteiger partial charge in [0.05, 0.1) is 11.4 Å². The molecule has 0 aromatic heterocycles. The highest BCUT2D eigenvalue weighted by Crippen LogP contribution is 2.15. The Morgan fingerprint density at radius 2 is 2.18 bits per heavy atom. The molecular formula is C11H22N2O3S. The number of nitrogens with one attached hydrogen (secondary N) is 2. The number of hydrogen-bond acceptors (Lipinski definition) is 4. The van der Waals surface area contributed by atoms with Crippen molar-refractivity contribution in [1.82, 2.24) is 10.0 Å². The molecule has 2 rings (SSSR count). The van der Waals surface area contributed by atoms with Gasteiger partial charge in [0.15, 0.2) is 0 Å². The van der Waals surface area contributed by atoms with Crippen LogP contribution in [0.1, 0.15) is 32.1 Å². The molecule has 6 heteroatoms. The van der Waals surface area contributed by atoms with Crippen LogP contribution in [0.15, 0.2) is 0 Å². The van der Waals surface area contributed by atoms with Crippen molar-refractivity contribution in [2.75, 3.05) is 26.2 Å². The quantitative estimate of drug-likeness (QED) is 0.744. The number of sulfonamides is 1. The second kappa shape index (κ2) is 6.13. The monoisotopic (exact) mass is 262 g/mol. The van der Waals surface area contributed by atoms with Gasteiger partial charge in [-0.1, -0.05) is 0 Å². The third kappa shape index (κ3) is 3.91. The maximum atomic E-state index is 12.0. The van der Waals surface area contributed by atoms with E-state index in [-0.39, 0.29) is 11.4 Å². The molecule has 100 valence electrons. The third-order valence-corrected chi connectivity index (χ3v) is 5.37. The van der Waals surface area contributed by atoms with Crippen molar-refractivity contribution in [3.63, 3.8) is 0 Å². The second-order valence-electron chi connectivity index (χ2n) is 4.83. The first kappa shape index (κ1) is 13.3. The van der Waals surface area contributed by atoms with E-state index in [4.69, 9.17) is 4.74 Å². The molecule has 0 radical (unpaired) electrons. The molecular weight excluding hydrogens is 240 g/mol. The predicted molar refractivity (Wildman–Crippen MR) is 66.4 cm³/mol. The largest absolute Gasteiger partial charge is 0.378 e. The Morgan fingerprint density at radius 3 is 2.82 bits per heavy atom. The van der Waals surface area contributed by atoms with Gasteiger partial charge in [0.1, 0.15) is 0 Å². The molecule has 2 N–H and O–H groups in total. The molecule has 2 unspecified atom stereocenters. The molecule has 0 aromatic rings. The Bertz CT molecular complexity index is 320. The first-order valence-electron chi connectivity index (χ1n) is 6.49. The highest BCUT2D eigenvalue weighted by molar-refractivity contribution is 7.90. The molecule has 0 spiro atoms. The van der Waals surface area contributed by atoms with Crippen LogP contribution in [0.3, 0.4) is 0 Å². The lowest BCUT2D eigenvalue weighted by molar-refractivity contribution is 0.105. The van der Waals surface area contributed by atoms with Crippen LogP contribution in [0, 0.1) is 0 Å². The zero-order valence-corrected chi connectivity index (χ0v) is 11.0. The topological polar surface area (TPSA) is 67.4 Å². The average Bonchev–Trinajstić information content (AvgIpc) is 2.83. The van der Waals surface area contributed by atoms with Gasteiger partial charge < -0.3 is 10.1 Å². The van der Waals surface area contributed by atoms with Crippen LogP contribution in [0.2, 0.25) is 0 Å². The van der Waals surface area contributed by atoms with E-state index in [1.165, 1.54) is 0 Å². The summed E-state index contributed by atoms with van der Waals surface area (Å²) in [7, 11) is -3.14. The van der Waals surface area contributed by atoms with Gasteiger partial charge in [0.2, 0.25) is 10.0 Å². The predicted octanol–water partition coefficient (Wildman–Crippen LogP) is 0.227. The molecule has 2 heterocycles. The smallest absolute Gasteiger partial charge is 0.215 e. The van der Waals surface area contributed by atoms with Crippen LogP contribution in [0.25, 0.3) is 0 Å². The summed E-state index contributed by atoms with van der Waals surface area (Å²) in [5.41, 5.74) is 0. The Kier molecular flexibility index (Phi) is 4.78. The summed E-state index contributed by atoms with van der Waals surface area (Å²) in [6.07, 6.45) is 4.91. The van der Waals surface area contributed by atoms with Crippen LogP contribution >= 0.6 is 0 Å². The fraction of sp³-hybridized carbons (Fsp3) is 1.00. The normalized spacial score (nSPS) is 30.6. The van der Waals surface area contributed by atoms with E-state index in [2.05, 4.69) is 10.0 Å². The molecule has 2 fully saturated rings. The van der Waals surface area contributed by atoms with Crippen LogP contribution in [0.4, 0.5) is 0 Å². The summed E-state index contributed by atoms with van der Waals surface area (Å²) in [5.74, 6) is 0. The van der Waals surface area contributed by atoms with Gasteiger partial charge in [-0.15, -0.1) is 0 Å². The van der Waals surface area contributed by atoms with Crippen molar-refractivity contribution in [2.24, 2.45) is 0 Å². The van der Waals surface area contributed by atoms with E-state index < -0.39 is 10.0 Å². The summed E-state index contributed by atoms with van der Waals surface area (Å²) in [6.45, 7) is 2.84. The molecule has 2 aliphatic heterocycles. The fourth-order valence-corrected chi connectivity index (χ4v) is 3.89. The average molecular weight is 262 g/mol. The van der Waals surface area contributed by atoms with E-state index in [1.54, 1.807) is 0 Å². The number of ether oxygens (including phenoxy) is 1. The van der Waals surface area contributed by atoms with Gasteiger partial charge >= 0.3 is 0 Å². The first-order valence-corrected chi connectivity index (χ1v) is 8.04. The minimum absolute atomic E-state index is 0.252. The molecule has 2 saturated heterocycles. The Balaban J connectivity index is 1.72. The van der Waals surface area contributed by atoms with Gasteiger partial charge in [0.25, 0.3) is 0 Å². The van der Waals surface area contributed by atoms with Crippen LogP contribution in [-0.4, -0.2) is 46.0 Å². The van der Waals surface area contributed by atoms with Gasteiger partial charge in [-0.2, -0.15) is 0 Å². The summed E-state index contributed by atoms with van der Waals surface area (Å²) in [6, 6.07) is 0. The zero-order valence-electron chi connectivity index (χ0n) is 10.2. The summed E-state index contributed by atoms with van der Waals surface area (Å²) in [4.78, 5) is 0. The fourth-order valence-electron chi connectivity index (χ4n) is 2.44. The van der Waals surface area contributed by atoms with Crippen molar-refractivity contribution in [3.8, 4) is 0 Å². The SMILES string of the molecule is O=S(=O)(NCCC1CCCO1)C1CCCNC1. The van der Waals surface area contributed by atoms with Crippen molar-refractivity contribution in [2.45, 2.75) is 43.5 Å². The number of hydrogen-bond donors (Lipinski definition) is 2. The van der Waals surface area contributed by atoms with E-state index >= 15 is 0 Å². The number of rotatable bonds is 5. The van der Waals surface area contributed by atoms with Crippen LogP contribution < -0.4 is 10.0 Å². The molecule has 5 nitrogen and oxygen atoms in total. The lowest BCUT2D eigenvalue weighted by atomic mass is 10.2.